The van der Waals surface area contributed by atoms with Crippen molar-refractivity contribution in [3.8, 4) is 5.75 Å². The molecule has 0 radical (unpaired) electrons. The highest BCUT2D eigenvalue weighted by atomic mass is 35.5. The van der Waals surface area contributed by atoms with Crippen LogP contribution in [-0.4, -0.2) is 54.5 Å². The Labute approximate surface area is 182 Å². The first kappa shape index (κ1) is 22.5. The molecule has 0 spiro atoms. The maximum atomic E-state index is 13.1. The van der Waals surface area contributed by atoms with Gasteiger partial charge in [-0.15, -0.1) is 0 Å². The smallest absolute Gasteiger partial charge is 0.260 e. The molecule has 2 aromatic carbocycles. The third kappa shape index (κ3) is 5.72. The number of carbonyl (C=O) groups excluding carboxylic acids is 1. The van der Waals surface area contributed by atoms with Gasteiger partial charge in [0.1, 0.15) is 11.6 Å². The van der Waals surface area contributed by atoms with Crippen LogP contribution in [0.25, 0.3) is 0 Å². The van der Waals surface area contributed by atoms with Crippen molar-refractivity contribution < 1.29 is 13.9 Å². The van der Waals surface area contributed by atoms with Gasteiger partial charge in [-0.25, -0.2) is 4.39 Å². The van der Waals surface area contributed by atoms with Gasteiger partial charge in [0.05, 0.1) is 0 Å². The first-order chi connectivity index (χ1) is 14.4. The fourth-order valence-electron chi connectivity index (χ4n) is 3.83. The lowest BCUT2D eigenvalue weighted by atomic mass is 10.1. The zero-order valence-electron chi connectivity index (χ0n) is 17.7. The third-order valence-corrected chi connectivity index (χ3v) is 5.71. The van der Waals surface area contributed by atoms with Gasteiger partial charge >= 0.3 is 0 Å². The Bertz CT molecular complexity index is 862. The SMILES string of the molecule is CNCc1cc(Cl)ccc1OCC(=O)N1C[C@@H](C)N(Cc2ccc(F)cc2)C[C@@H]1C. The summed E-state index contributed by atoms with van der Waals surface area (Å²) in [5, 5.41) is 3.72. The molecule has 1 aliphatic heterocycles. The highest BCUT2D eigenvalue weighted by Crippen LogP contribution is 2.24. The highest BCUT2D eigenvalue weighted by molar-refractivity contribution is 6.30. The monoisotopic (exact) mass is 433 g/mol. The van der Waals surface area contributed by atoms with Crippen LogP contribution in [0.15, 0.2) is 42.5 Å². The number of carbonyl (C=O) groups is 1. The van der Waals surface area contributed by atoms with E-state index in [0.717, 1.165) is 24.2 Å². The van der Waals surface area contributed by atoms with E-state index in [0.29, 0.717) is 23.9 Å². The summed E-state index contributed by atoms with van der Waals surface area (Å²) in [5.74, 6) is 0.410. The van der Waals surface area contributed by atoms with Crippen LogP contribution in [-0.2, 0) is 17.9 Å². The number of hydrogen-bond acceptors (Lipinski definition) is 4. The van der Waals surface area contributed by atoms with Crippen molar-refractivity contribution in [2.45, 2.75) is 39.0 Å². The van der Waals surface area contributed by atoms with Crippen LogP contribution in [0.3, 0.4) is 0 Å². The topological polar surface area (TPSA) is 44.8 Å². The van der Waals surface area contributed by atoms with Crippen molar-refractivity contribution in [2.75, 3.05) is 26.7 Å². The maximum Gasteiger partial charge on any atom is 0.260 e. The van der Waals surface area contributed by atoms with Crippen molar-refractivity contribution in [1.29, 1.82) is 0 Å². The summed E-state index contributed by atoms with van der Waals surface area (Å²) in [6.45, 7) is 6.90. The summed E-state index contributed by atoms with van der Waals surface area (Å²) in [5.41, 5.74) is 1.99. The van der Waals surface area contributed by atoms with Gasteiger partial charge < -0.3 is 15.0 Å². The van der Waals surface area contributed by atoms with Crippen LogP contribution in [0.2, 0.25) is 5.02 Å². The molecule has 2 aromatic rings. The minimum absolute atomic E-state index is 0.00658. The van der Waals surface area contributed by atoms with Crippen LogP contribution >= 0.6 is 11.6 Å². The van der Waals surface area contributed by atoms with Gasteiger partial charge in [-0.3, -0.25) is 9.69 Å². The molecule has 162 valence electrons. The van der Waals surface area contributed by atoms with Crippen molar-refractivity contribution in [1.82, 2.24) is 15.1 Å². The van der Waals surface area contributed by atoms with Crippen molar-refractivity contribution in [3.63, 3.8) is 0 Å². The van der Waals surface area contributed by atoms with E-state index < -0.39 is 0 Å². The second kappa shape index (κ2) is 10.2. The van der Waals surface area contributed by atoms with Crippen molar-refractivity contribution >= 4 is 17.5 Å². The van der Waals surface area contributed by atoms with E-state index in [4.69, 9.17) is 16.3 Å². The number of ether oxygens (including phenoxy) is 1. The minimum Gasteiger partial charge on any atom is -0.483 e. The molecule has 0 unspecified atom stereocenters. The summed E-state index contributed by atoms with van der Waals surface area (Å²) in [7, 11) is 1.85. The van der Waals surface area contributed by atoms with Crippen LogP contribution in [0.1, 0.15) is 25.0 Å². The van der Waals surface area contributed by atoms with E-state index in [1.807, 2.05) is 30.1 Å². The largest absolute Gasteiger partial charge is 0.483 e. The van der Waals surface area contributed by atoms with Crippen LogP contribution in [0, 0.1) is 5.82 Å². The molecule has 0 aliphatic carbocycles. The minimum atomic E-state index is -0.228. The predicted octanol–water partition coefficient (Wildman–Crippen LogP) is 3.70. The van der Waals surface area contributed by atoms with Gasteiger partial charge in [0.2, 0.25) is 0 Å². The summed E-state index contributed by atoms with van der Waals surface area (Å²) >= 11 is 6.07. The number of amides is 1. The first-order valence-corrected chi connectivity index (χ1v) is 10.6. The van der Waals surface area contributed by atoms with Gasteiger partial charge in [0.25, 0.3) is 5.91 Å². The van der Waals surface area contributed by atoms with E-state index in [1.165, 1.54) is 12.1 Å². The molecule has 2 atom stereocenters. The second-order valence-corrected chi connectivity index (χ2v) is 8.31. The average molecular weight is 434 g/mol. The van der Waals surface area contributed by atoms with Gasteiger partial charge in [0.15, 0.2) is 6.61 Å². The zero-order valence-corrected chi connectivity index (χ0v) is 18.5. The van der Waals surface area contributed by atoms with E-state index in [9.17, 15) is 9.18 Å². The molecule has 1 fully saturated rings. The lowest BCUT2D eigenvalue weighted by molar-refractivity contribution is -0.139. The van der Waals surface area contributed by atoms with Crippen molar-refractivity contribution in [3.05, 3.63) is 64.4 Å². The van der Waals surface area contributed by atoms with E-state index in [2.05, 4.69) is 24.1 Å². The van der Waals surface area contributed by atoms with E-state index in [1.54, 1.807) is 12.1 Å². The van der Waals surface area contributed by atoms with Gasteiger partial charge in [-0.05, 0) is 56.8 Å². The summed E-state index contributed by atoms with van der Waals surface area (Å²) in [6, 6.07) is 12.3. The molecule has 1 saturated heterocycles. The fraction of sp³-hybridized carbons (Fsp3) is 0.435. The Hall–Kier alpha value is -2.15. The molecule has 1 amide bonds. The number of hydrogen-bond donors (Lipinski definition) is 1. The van der Waals surface area contributed by atoms with Gasteiger partial charge in [-0.1, -0.05) is 23.7 Å². The Morgan fingerprint density at radius 1 is 1.17 bits per heavy atom. The predicted molar refractivity (Wildman–Crippen MR) is 117 cm³/mol. The normalized spacial score (nSPS) is 19.7. The molecule has 3 rings (SSSR count). The van der Waals surface area contributed by atoms with Crippen molar-refractivity contribution in [2.24, 2.45) is 0 Å². The number of piperazine rings is 1. The van der Waals surface area contributed by atoms with Gasteiger partial charge in [-0.2, -0.15) is 0 Å². The molecule has 0 bridgehead atoms. The summed E-state index contributed by atoms with van der Waals surface area (Å²) < 4.78 is 19.0. The number of halogens is 2. The molecule has 7 heteroatoms. The Kier molecular flexibility index (Phi) is 7.69. The van der Waals surface area contributed by atoms with E-state index >= 15 is 0 Å². The fourth-order valence-corrected chi connectivity index (χ4v) is 4.02. The number of nitrogens with zero attached hydrogens (tertiary/aromatic N) is 2. The van der Waals surface area contributed by atoms with Crippen LogP contribution in [0.5, 0.6) is 5.75 Å². The Balaban J connectivity index is 1.58. The average Bonchev–Trinajstić information content (AvgIpc) is 2.71. The third-order valence-electron chi connectivity index (χ3n) is 5.48. The molecule has 1 N–H and O–H groups in total. The van der Waals surface area contributed by atoms with Crippen LogP contribution < -0.4 is 10.1 Å². The summed E-state index contributed by atoms with van der Waals surface area (Å²) in [6.07, 6.45) is 0. The quantitative estimate of drug-likeness (QED) is 0.723. The van der Waals surface area contributed by atoms with Gasteiger partial charge in [0, 0.05) is 48.8 Å². The number of rotatable bonds is 7. The molecule has 1 heterocycles. The van der Waals surface area contributed by atoms with Crippen LogP contribution in [0.4, 0.5) is 4.39 Å². The molecule has 0 aromatic heterocycles. The first-order valence-electron chi connectivity index (χ1n) is 10.2. The Morgan fingerprint density at radius 2 is 1.90 bits per heavy atom. The summed E-state index contributed by atoms with van der Waals surface area (Å²) in [4.78, 5) is 17.1. The standard InChI is InChI=1S/C23H29ClFN3O2/c1-16-13-28(17(2)12-27(16)14-18-4-7-21(25)8-5-18)23(29)15-30-22-9-6-20(24)10-19(22)11-26-3/h4-10,16-17,26H,11-15H2,1-3H3/t16-,17+/m1/s1. The Morgan fingerprint density at radius 3 is 2.60 bits per heavy atom. The number of nitrogens with one attached hydrogen (secondary N) is 1. The molecule has 5 nitrogen and oxygen atoms in total. The zero-order chi connectivity index (χ0) is 21.7. The lowest BCUT2D eigenvalue weighted by Gasteiger charge is -2.44. The molecule has 30 heavy (non-hydrogen) atoms. The number of benzene rings is 2. The molecular formula is C23H29ClFN3O2. The lowest BCUT2D eigenvalue weighted by Crippen LogP contribution is -2.58. The maximum absolute atomic E-state index is 13.1. The second-order valence-electron chi connectivity index (χ2n) is 7.87. The molecule has 1 aliphatic rings. The molecular weight excluding hydrogens is 405 g/mol. The van der Waals surface area contributed by atoms with E-state index in [-0.39, 0.29) is 30.4 Å². The highest BCUT2D eigenvalue weighted by Gasteiger charge is 2.32. The molecule has 0 saturated carbocycles.